The Morgan fingerprint density at radius 3 is 2.33 bits per heavy atom. The van der Waals surface area contributed by atoms with Crippen molar-refractivity contribution in [2.45, 2.75) is 32.7 Å². The standard InChI is InChI=1S/C20H25NO3/c1-5-18(16-8-11-19(24-4)14(2)12-16)21-20(22)13-15-6-9-17(23-3)10-7-15/h6-12,18H,5,13H2,1-4H3,(H,21,22)/t18-/m0/s1. The summed E-state index contributed by atoms with van der Waals surface area (Å²) in [6, 6.07) is 13.6. The van der Waals surface area contributed by atoms with Gasteiger partial charge in [0.15, 0.2) is 0 Å². The van der Waals surface area contributed by atoms with E-state index in [2.05, 4.69) is 18.3 Å². The van der Waals surface area contributed by atoms with Crippen molar-refractivity contribution in [3.05, 3.63) is 59.2 Å². The summed E-state index contributed by atoms with van der Waals surface area (Å²) < 4.78 is 10.4. The van der Waals surface area contributed by atoms with Gasteiger partial charge < -0.3 is 14.8 Å². The van der Waals surface area contributed by atoms with E-state index in [9.17, 15) is 4.79 Å². The van der Waals surface area contributed by atoms with Gasteiger partial charge in [-0.15, -0.1) is 0 Å². The zero-order chi connectivity index (χ0) is 17.5. The lowest BCUT2D eigenvalue weighted by Crippen LogP contribution is -2.29. The molecule has 2 aromatic rings. The molecule has 4 nitrogen and oxygen atoms in total. The average molecular weight is 327 g/mol. The molecule has 0 saturated carbocycles. The normalized spacial score (nSPS) is 11.7. The van der Waals surface area contributed by atoms with Gasteiger partial charge in [-0.05, 0) is 48.2 Å². The fourth-order valence-corrected chi connectivity index (χ4v) is 2.71. The highest BCUT2D eigenvalue weighted by Gasteiger charge is 2.14. The van der Waals surface area contributed by atoms with Crippen LogP contribution in [-0.2, 0) is 11.2 Å². The minimum absolute atomic E-state index is 0.000328. The first-order valence-corrected chi connectivity index (χ1v) is 8.14. The molecule has 1 N–H and O–H groups in total. The van der Waals surface area contributed by atoms with Gasteiger partial charge in [-0.3, -0.25) is 4.79 Å². The van der Waals surface area contributed by atoms with Crippen LogP contribution in [0.4, 0.5) is 0 Å². The molecule has 0 aliphatic heterocycles. The van der Waals surface area contributed by atoms with Crippen molar-refractivity contribution in [3.8, 4) is 11.5 Å². The number of hydrogen-bond acceptors (Lipinski definition) is 3. The van der Waals surface area contributed by atoms with E-state index in [1.54, 1.807) is 14.2 Å². The molecule has 24 heavy (non-hydrogen) atoms. The van der Waals surface area contributed by atoms with Crippen LogP contribution in [0.2, 0.25) is 0 Å². The summed E-state index contributed by atoms with van der Waals surface area (Å²) in [5.74, 6) is 1.66. The van der Waals surface area contributed by atoms with Crippen molar-refractivity contribution in [1.29, 1.82) is 0 Å². The van der Waals surface area contributed by atoms with Crippen LogP contribution in [0.15, 0.2) is 42.5 Å². The average Bonchev–Trinajstić information content (AvgIpc) is 2.60. The molecule has 0 aromatic heterocycles. The Morgan fingerprint density at radius 1 is 1.08 bits per heavy atom. The van der Waals surface area contributed by atoms with E-state index in [0.717, 1.165) is 34.6 Å². The molecule has 0 aliphatic carbocycles. The van der Waals surface area contributed by atoms with Gasteiger partial charge in [0, 0.05) is 0 Å². The first kappa shape index (κ1) is 17.9. The van der Waals surface area contributed by atoms with Gasteiger partial charge in [0.1, 0.15) is 11.5 Å². The quantitative estimate of drug-likeness (QED) is 0.841. The van der Waals surface area contributed by atoms with Crippen molar-refractivity contribution < 1.29 is 14.3 Å². The van der Waals surface area contributed by atoms with Gasteiger partial charge in [-0.2, -0.15) is 0 Å². The molecular weight excluding hydrogens is 302 g/mol. The van der Waals surface area contributed by atoms with Crippen LogP contribution in [0.25, 0.3) is 0 Å². The molecule has 128 valence electrons. The summed E-state index contributed by atoms with van der Waals surface area (Å²) in [5.41, 5.74) is 3.13. The molecule has 0 aliphatic rings. The number of carbonyl (C=O) groups excluding carboxylic acids is 1. The summed E-state index contributed by atoms with van der Waals surface area (Å²) in [4.78, 5) is 12.4. The van der Waals surface area contributed by atoms with E-state index in [1.165, 1.54) is 0 Å². The first-order chi connectivity index (χ1) is 11.6. The van der Waals surface area contributed by atoms with Crippen molar-refractivity contribution in [2.24, 2.45) is 0 Å². The Labute approximate surface area is 143 Å². The number of nitrogens with one attached hydrogen (secondary N) is 1. The maximum atomic E-state index is 12.4. The molecule has 1 amide bonds. The molecule has 0 unspecified atom stereocenters. The minimum atomic E-state index is 0.000328. The fraction of sp³-hybridized carbons (Fsp3) is 0.350. The summed E-state index contributed by atoms with van der Waals surface area (Å²) in [6.45, 7) is 4.08. The number of aryl methyl sites for hydroxylation is 1. The predicted molar refractivity (Wildman–Crippen MR) is 95.6 cm³/mol. The zero-order valence-corrected chi connectivity index (χ0v) is 14.8. The third-order valence-corrected chi connectivity index (χ3v) is 4.09. The Morgan fingerprint density at radius 2 is 1.79 bits per heavy atom. The van der Waals surface area contributed by atoms with Crippen molar-refractivity contribution in [2.75, 3.05) is 14.2 Å². The number of amides is 1. The SMILES string of the molecule is CC[C@H](NC(=O)Cc1ccc(OC)cc1)c1ccc(OC)c(C)c1. The minimum Gasteiger partial charge on any atom is -0.497 e. The molecule has 0 radical (unpaired) electrons. The summed E-state index contributed by atoms with van der Waals surface area (Å²) in [5, 5.41) is 3.11. The van der Waals surface area contributed by atoms with Crippen LogP contribution in [0.3, 0.4) is 0 Å². The van der Waals surface area contributed by atoms with Crippen LogP contribution in [0.5, 0.6) is 11.5 Å². The third-order valence-electron chi connectivity index (χ3n) is 4.09. The summed E-state index contributed by atoms with van der Waals surface area (Å²) in [6.07, 6.45) is 1.19. The van der Waals surface area contributed by atoms with Gasteiger partial charge in [0.05, 0.1) is 26.7 Å². The second-order valence-electron chi connectivity index (χ2n) is 5.78. The van der Waals surface area contributed by atoms with E-state index in [1.807, 2.05) is 43.3 Å². The molecule has 4 heteroatoms. The van der Waals surface area contributed by atoms with Crippen LogP contribution >= 0.6 is 0 Å². The smallest absolute Gasteiger partial charge is 0.224 e. The second-order valence-corrected chi connectivity index (χ2v) is 5.78. The molecule has 1 atom stereocenters. The molecule has 0 spiro atoms. The summed E-state index contributed by atoms with van der Waals surface area (Å²) in [7, 11) is 3.29. The van der Waals surface area contributed by atoms with Gasteiger partial charge in [-0.1, -0.05) is 31.2 Å². The maximum Gasteiger partial charge on any atom is 0.224 e. The lowest BCUT2D eigenvalue weighted by Gasteiger charge is -2.19. The lowest BCUT2D eigenvalue weighted by molar-refractivity contribution is -0.121. The number of ether oxygens (including phenoxy) is 2. The molecule has 0 saturated heterocycles. The Bertz CT molecular complexity index is 680. The number of benzene rings is 2. The Balaban J connectivity index is 2.03. The van der Waals surface area contributed by atoms with Gasteiger partial charge in [0.25, 0.3) is 0 Å². The number of rotatable bonds is 7. The van der Waals surface area contributed by atoms with Crippen LogP contribution in [-0.4, -0.2) is 20.1 Å². The van der Waals surface area contributed by atoms with Crippen LogP contribution in [0, 0.1) is 6.92 Å². The highest BCUT2D eigenvalue weighted by Crippen LogP contribution is 2.24. The Kier molecular flexibility index (Phi) is 6.24. The lowest BCUT2D eigenvalue weighted by atomic mass is 10.0. The van der Waals surface area contributed by atoms with Crippen molar-refractivity contribution in [3.63, 3.8) is 0 Å². The molecule has 2 aromatic carbocycles. The van der Waals surface area contributed by atoms with E-state index in [0.29, 0.717) is 6.42 Å². The third kappa shape index (κ3) is 4.51. The Hall–Kier alpha value is -2.49. The van der Waals surface area contributed by atoms with Crippen LogP contribution in [0.1, 0.15) is 36.1 Å². The highest BCUT2D eigenvalue weighted by molar-refractivity contribution is 5.79. The first-order valence-electron chi connectivity index (χ1n) is 8.14. The molecule has 0 heterocycles. The topological polar surface area (TPSA) is 47.6 Å². The zero-order valence-electron chi connectivity index (χ0n) is 14.8. The van der Waals surface area contributed by atoms with E-state index in [-0.39, 0.29) is 11.9 Å². The predicted octanol–water partition coefficient (Wildman–Crippen LogP) is 3.82. The van der Waals surface area contributed by atoms with Crippen molar-refractivity contribution >= 4 is 5.91 Å². The van der Waals surface area contributed by atoms with Crippen molar-refractivity contribution in [1.82, 2.24) is 5.32 Å². The van der Waals surface area contributed by atoms with E-state index >= 15 is 0 Å². The largest absolute Gasteiger partial charge is 0.497 e. The van der Waals surface area contributed by atoms with E-state index < -0.39 is 0 Å². The van der Waals surface area contributed by atoms with Gasteiger partial charge in [0.2, 0.25) is 5.91 Å². The van der Waals surface area contributed by atoms with Gasteiger partial charge in [-0.25, -0.2) is 0 Å². The molecule has 2 rings (SSSR count). The molecule has 0 bridgehead atoms. The van der Waals surface area contributed by atoms with E-state index in [4.69, 9.17) is 9.47 Å². The molecular formula is C20H25NO3. The fourth-order valence-electron chi connectivity index (χ4n) is 2.71. The second kappa shape index (κ2) is 8.39. The number of hydrogen-bond donors (Lipinski definition) is 1. The maximum absolute atomic E-state index is 12.4. The monoisotopic (exact) mass is 327 g/mol. The number of methoxy groups -OCH3 is 2. The highest BCUT2D eigenvalue weighted by atomic mass is 16.5. The summed E-state index contributed by atoms with van der Waals surface area (Å²) >= 11 is 0. The number of carbonyl (C=O) groups is 1. The van der Waals surface area contributed by atoms with Gasteiger partial charge >= 0.3 is 0 Å². The molecule has 0 fully saturated rings. The van der Waals surface area contributed by atoms with Crippen LogP contribution < -0.4 is 14.8 Å².